The van der Waals surface area contributed by atoms with Crippen LogP contribution in [0.4, 0.5) is 30.4 Å². The Hall–Kier alpha value is -5.41. The number of carbonyl (C=O) groups is 2. The molecule has 6 rings (SSSR count). The van der Waals surface area contributed by atoms with Gasteiger partial charge in [-0.15, -0.1) is 0 Å². The van der Waals surface area contributed by atoms with Gasteiger partial charge in [0.15, 0.2) is 5.69 Å². The molecule has 0 atom stereocenters. The number of halogens is 4. The highest BCUT2D eigenvalue weighted by Gasteiger charge is 2.40. The van der Waals surface area contributed by atoms with Crippen molar-refractivity contribution in [2.45, 2.75) is 26.1 Å². The van der Waals surface area contributed by atoms with Gasteiger partial charge in [-0.25, -0.2) is 14.6 Å². The number of benzene rings is 3. The van der Waals surface area contributed by atoms with Gasteiger partial charge in [0.1, 0.15) is 30.3 Å². The quantitative estimate of drug-likeness (QED) is 0.158. The summed E-state index contributed by atoms with van der Waals surface area (Å²) < 4.78 is 55.1. The molecule has 0 spiro atoms. The first-order valence-electron chi connectivity index (χ1n) is 15.6. The molecule has 3 N–H and O–H groups in total. The van der Waals surface area contributed by atoms with Crippen LogP contribution in [0.1, 0.15) is 35.0 Å². The number of fused-ring (bicyclic) bond motifs is 1. The summed E-state index contributed by atoms with van der Waals surface area (Å²) in [5.41, 5.74) is -0.396. The minimum absolute atomic E-state index is 0.00876. The summed E-state index contributed by atoms with van der Waals surface area (Å²) >= 11 is 6.71. The fraction of sp³-hybridized carbons (Fsp3) is 0.265. The van der Waals surface area contributed by atoms with E-state index in [0.717, 1.165) is 43.6 Å². The van der Waals surface area contributed by atoms with Crippen LogP contribution in [0.25, 0.3) is 16.6 Å². The highest BCUT2D eigenvalue weighted by molar-refractivity contribution is 6.32. The van der Waals surface area contributed by atoms with Gasteiger partial charge in [-0.1, -0.05) is 18.5 Å². The number of ether oxygens (including phenoxy) is 2. The van der Waals surface area contributed by atoms with Gasteiger partial charge in [0.05, 0.1) is 35.8 Å². The molecule has 1 aliphatic rings. The van der Waals surface area contributed by atoms with Crippen LogP contribution in [0.2, 0.25) is 5.02 Å². The zero-order valence-corrected chi connectivity index (χ0v) is 27.7. The van der Waals surface area contributed by atoms with E-state index < -0.39 is 23.3 Å². The largest absolute Gasteiger partial charge is 0.497 e. The van der Waals surface area contributed by atoms with Crippen molar-refractivity contribution in [1.82, 2.24) is 25.1 Å². The van der Waals surface area contributed by atoms with Crippen LogP contribution in [0, 0.1) is 0 Å². The predicted octanol–water partition coefficient (Wildman–Crippen LogP) is 6.09. The molecule has 1 aliphatic heterocycles. The minimum atomic E-state index is -4.94. The van der Waals surface area contributed by atoms with Crippen LogP contribution in [0.15, 0.2) is 67.1 Å². The third-order valence-electron chi connectivity index (χ3n) is 8.01. The molecule has 3 heterocycles. The number of rotatable bonds is 10. The number of methoxy groups -OCH3 is 1. The molecule has 1 saturated heterocycles. The van der Waals surface area contributed by atoms with Crippen molar-refractivity contribution < 1.29 is 32.2 Å². The fourth-order valence-electron chi connectivity index (χ4n) is 5.48. The SMILES string of the molecule is CCC(=O)Nc1ccc(OCc2cc3ncnc(N4CCNCC4)c3cc2Cl)c(NC(=O)c2cnn(-c3ccc(OC)cc3)c2C(F)(F)F)c1. The molecule has 3 aromatic carbocycles. The number of nitrogens with one attached hydrogen (secondary N) is 3. The first-order valence-corrected chi connectivity index (χ1v) is 16.0. The van der Waals surface area contributed by atoms with Crippen LogP contribution in [0.3, 0.4) is 0 Å². The van der Waals surface area contributed by atoms with Crippen LogP contribution in [-0.4, -0.2) is 64.9 Å². The van der Waals surface area contributed by atoms with Crippen LogP contribution in [-0.2, 0) is 17.6 Å². The molecule has 0 radical (unpaired) electrons. The van der Waals surface area contributed by atoms with Crippen molar-refractivity contribution in [3.8, 4) is 17.2 Å². The average Bonchev–Trinajstić information content (AvgIpc) is 3.58. The zero-order valence-electron chi connectivity index (χ0n) is 27.0. The van der Waals surface area contributed by atoms with E-state index in [1.807, 2.05) is 0 Å². The molecule has 50 heavy (non-hydrogen) atoms. The maximum Gasteiger partial charge on any atom is 0.434 e. The second-order valence-corrected chi connectivity index (χ2v) is 11.7. The molecule has 12 nitrogen and oxygen atoms in total. The lowest BCUT2D eigenvalue weighted by molar-refractivity contribution is -0.143. The van der Waals surface area contributed by atoms with E-state index in [4.69, 9.17) is 21.1 Å². The molecular formula is C34H32ClF3N8O4. The van der Waals surface area contributed by atoms with Gasteiger partial charge in [-0.3, -0.25) is 9.59 Å². The van der Waals surface area contributed by atoms with Crippen LogP contribution >= 0.6 is 11.6 Å². The minimum Gasteiger partial charge on any atom is -0.497 e. The summed E-state index contributed by atoms with van der Waals surface area (Å²) in [6.45, 7) is 4.81. The van der Waals surface area contributed by atoms with E-state index in [9.17, 15) is 22.8 Å². The Morgan fingerprint density at radius 3 is 2.48 bits per heavy atom. The fourth-order valence-corrected chi connectivity index (χ4v) is 5.70. The summed E-state index contributed by atoms with van der Waals surface area (Å²) in [5, 5.41) is 13.6. The summed E-state index contributed by atoms with van der Waals surface area (Å²) in [4.78, 5) is 36.7. The third kappa shape index (κ3) is 7.43. The molecule has 5 aromatic rings. The summed E-state index contributed by atoms with van der Waals surface area (Å²) in [6, 6.07) is 13.8. The highest BCUT2D eigenvalue weighted by atomic mass is 35.5. The number of hydrogen-bond acceptors (Lipinski definition) is 9. The maximum absolute atomic E-state index is 14.4. The predicted molar refractivity (Wildman–Crippen MR) is 182 cm³/mol. The van der Waals surface area contributed by atoms with E-state index >= 15 is 0 Å². The molecule has 2 aromatic heterocycles. The van der Waals surface area contributed by atoms with E-state index in [1.165, 1.54) is 49.8 Å². The standard InChI is InChI=1S/C34H32ClF3N8O4/c1-3-30(47)43-21-4-9-29(50-18-20-14-27-24(16-26(20)35)32(41-19-40-27)45-12-10-39-11-13-45)28(15-21)44-33(48)25-17-42-46(31(25)34(36,37)38)22-5-7-23(49-2)8-6-22/h4-9,14-17,19,39H,3,10-13,18H2,1-2H3,(H,43,47)(H,44,48). The Kier molecular flexibility index (Phi) is 10.1. The first kappa shape index (κ1) is 34.5. The number of amides is 2. The van der Waals surface area contributed by atoms with Gasteiger partial charge >= 0.3 is 6.18 Å². The lowest BCUT2D eigenvalue weighted by atomic mass is 10.1. The average molecular weight is 709 g/mol. The number of piperazine rings is 1. The van der Waals surface area contributed by atoms with Gasteiger partial charge in [-0.05, 0) is 54.6 Å². The number of hydrogen-bond donors (Lipinski definition) is 3. The smallest absolute Gasteiger partial charge is 0.434 e. The van der Waals surface area contributed by atoms with Crippen molar-refractivity contribution >= 4 is 51.5 Å². The molecule has 0 unspecified atom stereocenters. The van der Waals surface area contributed by atoms with Gasteiger partial charge in [0.2, 0.25) is 5.91 Å². The van der Waals surface area contributed by atoms with Crippen molar-refractivity contribution in [3.63, 3.8) is 0 Å². The second-order valence-electron chi connectivity index (χ2n) is 11.3. The maximum atomic E-state index is 14.4. The van der Waals surface area contributed by atoms with E-state index in [1.54, 1.807) is 25.1 Å². The van der Waals surface area contributed by atoms with Gasteiger partial charge in [-0.2, -0.15) is 18.3 Å². The third-order valence-corrected chi connectivity index (χ3v) is 8.37. The van der Waals surface area contributed by atoms with Crippen LogP contribution in [0.5, 0.6) is 11.5 Å². The number of alkyl halides is 3. The van der Waals surface area contributed by atoms with E-state index in [-0.39, 0.29) is 36.1 Å². The monoisotopic (exact) mass is 708 g/mol. The summed E-state index contributed by atoms with van der Waals surface area (Å²) in [6.07, 6.45) is -2.43. The molecule has 0 saturated carbocycles. The number of carbonyl (C=O) groups excluding carboxylic acids is 2. The molecular weight excluding hydrogens is 677 g/mol. The lowest BCUT2D eigenvalue weighted by Crippen LogP contribution is -2.44. The second kappa shape index (κ2) is 14.6. The number of nitrogens with zero attached hydrogens (tertiary/aromatic N) is 5. The van der Waals surface area contributed by atoms with Gasteiger partial charge in [0, 0.05) is 54.3 Å². The summed E-state index contributed by atoms with van der Waals surface area (Å²) in [5.74, 6) is -0.0744. The van der Waals surface area contributed by atoms with Gasteiger partial charge < -0.3 is 30.3 Å². The highest BCUT2D eigenvalue weighted by Crippen LogP contribution is 2.36. The topological polar surface area (TPSA) is 136 Å². The summed E-state index contributed by atoms with van der Waals surface area (Å²) in [7, 11) is 1.43. The van der Waals surface area contributed by atoms with Crippen molar-refractivity contribution in [3.05, 3.63) is 89.0 Å². The Balaban J connectivity index is 1.30. The van der Waals surface area contributed by atoms with E-state index in [0.29, 0.717) is 32.2 Å². The molecule has 0 aliphatic carbocycles. The lowest BCUT2D eigenvalue weighted by Gasteiger charge is -2.29. The molecule has 0 bridgehead atoms. The Morgan fingerprint density at radius 1 is 1.02 bits per heavy atom. The normalized spacial score (nSPS) is 13.3. The van der Waals surface area contributed by atoms with Gasteiger partial charge in [0.25, 0.3) is 5.91 Å². The molecule has 1 fully saturated rings. The molecule has 2 amide bonds. The molecule has 260 valence electrons. The Labute approximate surface area is 289 Å². The number of aromatic nitrogens is 4. The number of anilines is 3. The first-order chi connectivity index (χ1) is 24.0. The Bertz CT molecular complexity index is 2030. The molecule has 16 heteroatoms. The zero-order chi connectivity index (χ0) is 35.4. The van der Waals surface area contributed by atoms with E-state index in [2.05, 4.69) is 35.9 Å². The van der Waals surface area contributed by atoms with Crippen molar-refractivity contribution in [1.29, 1.82) is 0 Å². The van der Waals surface area contributed by atoms with Crippen molar-refractivity contribution in [2.75, 3.05) is 48.8 Å². The Morgan fingerprint density at radius 2 is 1.78 bits per heavy atom. The van der Waals surface area contributed by atoms with Crippen molar-refractivity contribution in [2.24, 2.45) is 0 Å². The van der Waals surface area contributed by atoms with Crippen LogP contribution < -0.4 is 30.3 Å².